The average molecular weight is 192 g/mol. The van der Waals surface area contributed by atoms with Crippen molar-refractivity contribution in [2.45, 2.75) is 12.8 Å². The molecule has 3 heteroatoms. The van der Waals surface area contributed by atoms with E-state index in [-0.39, 0.29) is 5.78 Å². The van der Waals surface area contributed by atoms with Crippen LogP contribution in [0.2, 0.25) is 0 Å². The Balaban J connectivity index is 2.43. The molecule has 0 aromatic heterocycles. The smallest absolute Gasteiger partial charge is 0.164 e. The van der Waals surface area contributed by atoms with E-state index in [1.165, 1.54) is 0 Å². The number of benzene rings is 1. The fourth-order valence-corrected chi connectivity index (χ4v) is 1.59. The maximum atomic E-state index is 11.3. The van der Waals surface area contributed by atoms with Crippen molar-refractivity contribution in [1.82, 2.24) is 0 Å². The van der Waals surface area contributed by atoms with Gasteiger partial charge in [-0.3, -0.25) is 4.79 Å². The van der Waals surface area contributed by atoms with Crippen LogP contribution in [0.15, 0.2) is 18.2 Å². The quantitative estimate of drug-likeness (QED) is 0.677. The molecule has 0 bridgehead atoms. The van der Waals surface area contributed by atoms with Crippen LogP contribution < -0.4 is 9.47 Å². The van der Waals surface area contributed by atoms with Crippen molar-refractivity contribution in [2.75, 3.05) is 13.7 Å². The summed E-state index contributed by atoms with van der Waals surface area (Å²) in [6.07, 6.45) is 0.935. The molecule has 0 N–H and O–H groups in total. The standard InChI is InChI=1S/C11H12O3/c1-13-10-4-2-3-8-7-9(12)5-6-14-11(8)10/h2-4H,5-7H2,1H3. The number of Topliss-reactive ketones (excluding diaryl/α,β-unsaturated/α-hetero) is 1. The molecule has 1 aromatic rings. The molecular weight excluding hydrogens is 180 g/mol. The van der Waals surface area contributed by atoms with Crippen molar-refractivity contribution in [1.29, 1.82) is 0 Å². The van der Waals surface area contributed by atoms with Crippen molar-refractivity contribution >= 4 is 5.78 Å². The Hall–Kier alpha value is -1.51. The van der Waals surface area contributed by atoms with Gasteiger partial charge in [-0.1, -0.05) is 12.1 Å². The van der Waals surface area contributed by atoms with E-state index in [0.29, 0.717) is 25.2 Å². The summed E-state index contributed by atoms with van der Waals surface area (Å²) in [5.74, 6) is 1.65. The lowest BCUT2D eigenvalue weighted by atomic mass is 10.1. The highest BCUT2D eigenvalue weighted by atomic mass is 16.5. The summed E-state index contributed by atoms with van der Waals surface area (Å²) < 4.78 is 10.7. The molecule has 0 spiro atoms. The Kier molecular flexibility index (Phi) is 2.39. The summed E-state index contributed by atoms with van der Waals surface area (Å²) in [7, 11) is 1.60. The van der Waals surface area contributed by atoms with Crippen LogP contribution in [0.3, 0.4) is 0 Å². The molecule has 14 heavy (non-hydrogen) atoms. The van der Waals surface area contributed by atoms with Gasteiger partial charge in [0.2, 0.25) is 0 Å². The molecule has 0 unspecified atom stereocenters. The zero-order chi connectivity index (χ0) is 9.97. The summed E-state index contributed by atoms with van der Waals surface area (Å²) in [6, 6.07) is 5.62. The molecule has 0 amide bonds. The van der Waals surface area contributed by atoms with Crippen molar-refractivity contribution < 1.29 is 14.3 Å². The van der Waals surface area contributed by atoms with Crippen LogP contribution in [0.5, 0.6) is 11.5 Å². The highest BCUT2D eigenvalue weighted by molar-refractivity contribution is 5.82. The molecule has 2 rings (SSSR count). The number of carbonyl (C=O) groups is 1. The first-order valence-electron chi connectivity index (χ1n) is 4.61. The number of ether oxygens (including phenoxy) is 2. The van der Waals surface area contributed by atoms with Crippen molar-refractivity contribution in [2.24, 2.45) is 0 Å². The first-order valence-corrected chi connectivity index (χ1v) is 4.61. The lowest BCUT2D eigenvalue weighted by Crippen LogP contribution is -2.02. The maximum absolute atomic E-state index is 11.3. The zero-order valence-corrected chi connectivity index (χ0v) is 8.08. The number of para-hydroxylation sites is 1. The second-order valence-corrected chi connectivity index (χ2v) is 3.26. The first-order chi connectivity index (χ1) is 6.81. The highest BCUT2D eigenvalue weighted by Crippen LogP contribution is 2.33. The van der Waals surface area contributed by atoms with E-state index in [4.69, 9.17) is 9.47 Å². The molecule has 0 saturated heterocycles. The number of carbonyl (C=O) groups excluding carboxylic acids is 1. The van der Waals surface area contributed by atoms with Gasteiger partial charge in [-0.2, -0.15) is 0 Å². The molecule has 0 fully saturated rings. The van der Waals surface area contributed by atoms with Gasteiger partial charge in [0.15, 0.2) is 11.5 Å². The summed E-state index contributed by atoms with van der Waals surface area (Å²) in [4.78, 5) is 11.3. The Bertz CT molecular complexity index is 358. The molecule has 1 aliphatic rings. The summed E-state index contributed by atoms with van der Waals surface area (Å²) in [5.41, 5.74) is 0.923. The van der Waals surface area contributed by atoms with Crippen molar-refractivity contribution in [3.63, 3.8) is 0 Å². The molecule has 1 heterocycles. The van der Waals surface area contributed by atoms with Crippen molar-refractivity contribution in [3.8, 4) is 11.5 Å². The third-order valence-corrected chi connectivity index (χ3v) is 2.30. The van der Waals surface area contributed by atoms with Gasteiger partial charge in [0.1, 0.15) is 5.78 Å². The fourth-order valence-electron chi connectivity index (χ4n) is 1.59. The maximum Gasteiger partial charge on any atom is 0.164 e. The number of ketones is 1. The predicted octanol–water partition coefficient (Wildman–Crippen LogP) is 1.59. The molecule has 3 nitrogen and oxygen atoms in total. The van der Waals surface area contributed by atoms with E-state index in [2.05, 4.69) is 0 Å². The Morgan fingerprint density at radius 1 is 1.43 bits per heavy atom. The second-order valence-electron chi connectivity index (χ2n) is 3.26. The predicted molar refractivity (Wildman–Crippen MR) is 51.8 cm³/mol. The zero-order valence-electron chi connectivity index (χ0n) is 8.08. The van der Waals surface area contributed by atoms with E-state index in [1.807, 2.05) is 18.2 Å². The molecule has 0 aliphatic carbocycles. The Morgan fingerprint density at radius 3 is 3.07 bits per heavy atom. The minimum absolute atomic E-state index is 0.219. The van der Waals surface area contributed by atoms with Gasteiger partial charge in [0.05, 0.1) is 13.7 Å². The number of fused-ring (bicyclic) bond motifs is 1. The fraction of sp³-hybridized carbons (Fsp3) is 0.364. The number of hydrogen-bond donors (Lipinski definition) is 0. The number of rotatable bonds is 1. The van der Waals surface area contributed by atoms with Crippen LogP contribution in [-0.2, 0) is 11.2 Å². The molecule has 0 radical (unpaired) electrons. The van der Waals surface area contributed by atoms with Gasteiger partial charge in [0.25, 0.3) is 0 Å². The van der Waals surface area contributed by atoms with Crippen LogP contribution in [0.1, 0.15) is 12.0 Å². The van der Waals surface area contributed by atoms with E-state index >= 15 is 0 Å². The van der Waals surface area contributed by atoms with Crippen LogP contribution in [-0.4, -0.2) is 19.5 Å². The van der Waals surface area contributed by atoms with Gasteiger partial charge >= 0.3 is 0 Å². The van der Waals surface area contributed by atoms with Crippen LogP contribution in [0, 0.1) is 0 Å². The minimum Gasteiger partial charge on any atom is -0.493 e. The molecule has 1 aromatic carbocycles. The lowest BCUT2D eigenvalue weighted by Gasteiger charge is -2.10. The Labute approximate surface area is 82.6 Å². The lowest BCUT2D eigenvalue weighted by molar-refractivity contribution is -0.118. The third-order valence-electron chi connectivity index (χ3n) is 2.30. The molecule has 74 valence electrons. The van der Waals surface area contributed by atoms with E-state index in [1.54, 1.807) is 7.11 Å². The highest BCUT2D eigenvalue weighted by Gasteiger charge is 2.17. The SMILES string of the molecule is COc1cccc2c1OCCC(=O)C2. The van der Waals surface area contributed by atoms with Crippen molar-refractivity contribution in [3.05, 3.63) is 23.8 Å². The summed E-state index contributed by atoms with van der Waals surface area (Å²) in [5, 5.41) is 0. The van der Waals surface area contributed by atoms with Gasteiger partial charge in [-0.15, -0.1) is 0 Å². The molecule has 1 aliphatic heterocycles. The average Bonchev–Trinajstić information content (AvgIpc) is 2.37. The monoisotopic (exact) mass is 192 g/mol. The van der Waals surface area contributed by atoms with Crippen LogP contribution in [0.4, 0.5) is 0 Å². The number of methoxy groups -OCH3 is 1. The van der Waals surface area contributed by atoms with Gasteiger partial charge in [-0.25, -0.2) is 0 Å². The van der Waals surface area contributed by atoms with Crippen LogP contribution in [0.25, 0.3) is 0 Å². The van der Waals surface area contributed by atoms with Gasteiger partial charge in [0, 0.05) is 18.4 Å². The number of hydrogen-bond acceptors (Lipinski definition) is 3. The van der Waals surface area contributed by atoms with Crippen LogP contribution >= 0.6 is 0 Å². The third kappa shape index (κ3) is 1.58. The summed E-state index contributed by atoms with van der Waals surface area (Å²) in [6.45, 7) is 0.451. The molecule has 0 atom stereocenters. The van der Waals surface area contributed by atoms with E-state index < -0.39 is 0 Å². The first kappa shape index (κ1) is 9.06. The van der Waals surface area contributed by atoms with Gasteiger partial charge < -0.3 is 9.47 Å². The molecule has 0 saturated carbocycles. The van der Waals surface area contributed by atoms with E-state index in [0.717, 1.165) is 11.3 Å². The topological polar surface area (TPSA) is 35.5 Å². The molecular formula is C11H12O3. The summed E-state index contributed by atoms with van der Waals surface area (Å²) >= 11 is 0. The Morgan fingerprint density at radius 2 is 2.29 bits per heavy atom. The largest absolute Gasteiger partial charge is 0.493 e. The normalized spacial score (nSPS) is 15.4. The second kappa shape index (κ2) is 3.70. The van der Waals surface area contributed by atoms with E-state index in [9.17, 15) is 4.79 Å². The van der Waals surface area contributed by atoms with Gasteiger partial charge in [-0.05, 0) is 6.07 Å². The minimum atomic E-state index is 0.219.